The van der Waals surface area contributed by atoms with Crippen molar-refractivity contribution >= 4 is 17.2 Å². The van der Waals surface area contributed by atoms with E-state index in [-0.39, 0.29) is 5.41 Å². The first-order valence-corrected chi connectivity index (χ1v) is 17.7. The zero-order chi connectivity index (χ0) is 32.6. The molecule has 2 aliphatic rings. The summed E-state index contributed by atoms with van der Waals surface area (Å²) in [6, 6.07) is 28.2. The Kier molecular flexibility index (Phi) is 9.11. The fourth-order valence-corrected chi connectivity index (χ4v) is 7.34. The van der Waals surface area contributed by atoms with Crippen LogP contribution in [0.2, 0.25) is 0 Å². The van der Waals surface area contributed by atoms with Crippen molar-refractivity contribution in [2.24, 2.45) is 11.3 Å². The third kappa shape index (κ3) is 6.24. The van der Waals surface area contributed by atoms with Crippen molar-refractivity contribution in [3.8, 4) is 11.1 Å². The van der Waals surface area contributed by atoms with Crippen LogP contribution in [0.5, 0.6) is 0 Å². The molecule has 4 aromatic carbocycles. The van der Waals surface area contributed by atoms with Crippen molar-refractivity contribution < 1.29 is 0 Å². The molecule has 0 heteroatoms. The normalized spacial score (nSPS) is 15.3. The van der Waals surface area contributed by atoms with E-state index in [0.29, 0.717) is 5.92 Å². The van der Waals surface area contributed by atoms with E-state index in [1.807, 2.05) is 0 Å². The van der Waals surface area contributed by atoms with Crippen LogP contribution in [0.25, 0.3) is 28.3 Å². The molecule has 0 bridgehead atoms. The van der Waals surface area contributed by atoms with Crippen LogP contribution in [0.3, 0.4) is 0 Å². The Morgan fingerprint density at radius 2 is 1.30 bits per heavy atom. The maximum absolute atomic E-state index is 2.56. The highest BCUT2D eigenvalue weighted by atomic mass is 14.3. The van der Waals surface area contributed by atoms with Crippen LogP contribution >= 0.6 is 0 Å². The summed E-state index contributed by atoms with van der Waals surface area (Å²) in [6.45, 7) is 18.4. The summed E-state index contributed by atoms with van der Waals surface area (Å²) in [4.78, 5) is 0. The Bertz CT molecular complexity index is 1890. The average Bonchev–Trinajstić information content (AvgIpc) is 3.60. The van der Waals surface area contributed by atoms with E-state index in [1.165, 1.54) is 108 Å². The molecular weight excluding hydrogens is 553 g/mol. The predicted octanol–water partition coefficient (Wildman–Crippen LogP) is 11.1. The summed E-state index contributed by atoms with van der Waals surface area (Å²) < 4.78 is 0. The van der Waals surface area contributed by atoms with Crippen LogP contribution in [0.4, 0.5) is 0 Å². The van der Waals surface area contributed by atoms with E-state index in [2.05, 4.69) is 146 Å². The van der Waals surface area contributed by atoms with Gasteiger partial charge in [-0.1, -0.05) is 144 Å². The van der Waals surface area contributed by atoms with E-state index in [9.17, 15) is 0 Å². The van der Waals surface area contributed by atoms with Crippen molar-refractivity contribution in [1.82, 2.24) is 0 Å². The Morgan fingerprint density at radius 3 is 1.87 bits per heavy atom. The smallest absolute Gasteiger partial charge is 0.000195 e. The number of benzene rings is 4. The van der Waals surface area contributed by atoms with Gasteiger partial charge in [0.1, 0.15) is 0 Å². The van der Waals surface area contributed by atoms with Gasteiger partial charge in [0.15, 0.2) is 0 Å². The first-order chi connectivity index (χ1) is 22.1. The van der Waals surface area contributed by atoms with Crippen molar-refractivity contribution in [1.29, 1.82) is 0 Å². The van der Waals surface area contributed by atoms with Gasteiger partial charge in [0.05, 0.1) is 0 Å². The van der Waals surface area contributed by atoms with E-state index < -0.39 is 0 Å². The lowest BCUT2D eigenvalue weighted by Crippen LogP contribution is -2.26. The van der Waals surface area contributed by atoms with Gasteiger partial charge in [-0.15, -0.1) is 0 Å². The highest BCUT2D eigenvalue weighted by Crippen LogP contribution is 2.41. The van der Waals surface area contributed by atoms with Crippen LogP contribution in [0.15, 0.2) is 90.5 Å². The van der Waals surface area contributed by atoms with Crippen LogP contribution in [0.1, 0.15) is 112 Å². The third-order valence-corrected chi connectivity index (χ3v) is 10.1. The van der Waals surface area contributed by atoms with Gasteiger partial charge in [0, 0.05) is 5.92 Å². The fourth-order valence-electron chi connectivity index (χ4n) is 7.34. The Morgan fingerprint density at radius 1 is 0.696 bits per heavy atom. The van der Waals surface area contributed by atoms with Crippen LogP contribution < -0.4 is 10.4 Å². The van der Waals surface area contributed by atoms with Crippen molar-refractivity contribution in [3.63, 3.8) is 0 Å². The molecule has 6 rings (SSSR count). The Hall–Kier alpha value is -3.90. The second-order valence-corrected chi connectivity index (χ2v) is 14.9. The van der Waals surface area contributed by atoms with E-state index >= 15 is 0 Å². The maximum Gasteiger partial charge on any atom is 0.000195 e. The molecule has 0 N–H and O–H groups in total. The molecule has 1 unspecified atom stereocenters. The number of allylic oxidation sites excluding steroid dienone is 4. The lowest BCUT2D eigenvalue weighted by molar-refractivity contribution is 0.516. The average molecular weight is 605 g/mol. The molecule has 0 saturated carbocycles. The SMILES string of the molecule is CCCCc1ccc2c(c1)C=c1c-2cc(=C(c2ccc(C)cc2)c2ccc(C)cc2)c(CCCC)c1C1=CC(C(C)(C)C)=CC1C. The van der Waals surface area contributed by atoms with E-state index in [0.717, 1.165) is 12.8 Å². The van der Waals surface area contributed by atoms with Crippen molar-refractivity contribution in [2.45, 2.75) is 93.9 Å². The highest BCUT2D eigenvalue weighted by Gasteiger charge is 2.29. The van der Waals surface area contributed by atoms with Gasteiger partial charge in [-0.3, -0.25) is 0 Å². The van der Waals surface area contributed by atoms with E-state index in [1.54, 1.807) is 0 Å². The van der Waals surface area contributed by atoms with Crippen molar-refractivity contribution in [3.05, 3.63) is 145 Å². The third-order valence-electron chi connectivity index (χ3n) is 10.1. The molecule has 0 fully saturated rings. The topological polar surface area (TPSA) is 0 Å². The molecule has 0 heterocycles. The van der Waals surface area contributed by atoms with Gasteiger partial charge in [0.25, 0.3) is 0 Å². The zero-order valence-electron chi connectivity index (χ0n) is 29.5. The summed E-state index contributed by atoms with van der Waals surface area (Å²) >= 11 is 0. The fraction of sp³-hybridized carbons (Fsp3) is 0.348. The monoisotopic (exact) mass is 604 g/mol. The summed E-state index contributed by atoms with van der Waals surface area (Å²) in [5, 5.41) is 2.81. The predicted molar refractivity (Wildman–Crippen MR) is 201 cm³/mol. The molecule has 0 aliphatic heterocycles. The molecule has 0 amide bonds. The lowest BCUT2D eigenvalue weighted by atomic mass is 9.83. The molecule has 0 nitrogen and oxygen atoms in total. The molecule has 236 valence electrons. The molecule has 4 aromatic rings. The summed E-state index contributed by atoms with van der Waals surface area (Å²) in [7, 11) is 0. The second kappa shape index (κ2) is 13.1. The molecule has 1 atom stereocenters. The quantitative estimate of drug-likeness (QED) is 0.157. The van der Waals surface area contributed by atoms with Crippen LogP contribution in [0, 0.1) is 25.2 Å². The first kappa shape index (κ1) is 32.1. The van der Waals surface area contributed by atoms with Gasteiger partial charge < -0.3 is 0 Å². The largest absolute Gasteiger partial charge is 0.0735 e. The number of aryl methyl sites for hydroxylation is 3. The number of unbranched alkanes of at least 4 members (excludes halogenated alkanes) is 2. The molecule has 0 saturated heterocycles. The number of fused-ring (bicyclic) bond motifs is 3. The molecule has 0 aromatic heterocycles. The Labute approximate surface area is 278 Å². The van der Waals surface area contributed by atoms with Gasteiger partial charge >= 0.3 is 0 Å². The van der Waals surface area contributed by atoms with Crippen molar-refractivity contribution in [2.75, 3.05) is 0 Å². The summed E-state index contributed by atoms with van der Waals surface area (Å²) in [5.41, 5.74) is 18.1. The maximum atomic E-state index is 2.56. The van der Waals surface area contributed by atoms with Crippen LogP contribution in [-0.2, 0) is 12.8 Å². The molecule has 0 radical (unpaired) electrons. The van der Waals surface area contributed by atoms with Gasteiger partial charge in [-0.25, -0.2) is 0 Å². The Balaban J connectivity index is 1.76. The number of hydrogen-bond acceptors (Lipinski definition) is 0. The van der Waals surface area contributed by atoms with Gasteiger partial charge in [-0.2, -0.15) is 0 Å². The van der Waals surface area contributed by atoms with Crippen LogP contribution in [-0.4, -0.2) is 0 Å². The highest BCUT2D eigenvalue weighted by molar-refractivity contribution is 5.91. The molecule has 46 heavy (non-hydrogen) atoms. The number of hydrogen-bond donors (Lipinski definition) is 0. The van der Waals surface area contributed by atoms with E-state index in [4.69, 9.17) is 0 Å². The molecule has 2 aliphatic carbocycles. The standard InChI is InChI=1S/C46H52/c1-9-11-13-33-19-24-38-36(26-33)27-42-41(38)29-43(44(34-20-15-30(3)16-21-34)35-22-17-31(4)18-23-35)39(14-12-10-2)45(42)40-28-37(25-32(40)5)46(6,7)8/h15-29,32H,9-14H2,1-8H3. The minimum absolute atomic E-state index is 0.113. The first-order valence-electron chi connectivity index (χ1n) is 17.7. The van der Waals surface area contributed by atoms with Gasteiger partial charge in [-0.05, 0) is 129 Å². The minimum atomic E-state index is 0.113. The minimum Gasteiger partial charge on any atom is -0.0735 e. The molecule has 0 spiro atoms. The summed E-state index contributed by atoms with van der Waals surface area (Å²) in [6.07, 6.45) is 14.6. The summed E-state index contributed by atoms with van der Waals surface area (Å²) in [5.74, 6) is 0.369. The lowest BCUT2D eigenvalue weighted by Gasteiger charge is -2.21. The number of rotatable bonds is 9. The molecular formula is C46H52. The second-order valence-electron chi connectivity index (χ2n) is 14.9. The van der Waals surface area contributed by atoms with Gasteiger partial charge in [0.2, 0.25) is 0 Å². The zero-order valence-corrected chi connectivity index (χ0v) is 29.5.